The molecule has 2 aromatic rings. The number of fused-ring (bicyclic) bond motifs is 2. The predicted octanol–water partition coefficient (Wildman–Crippen LogP) is 3.59. The van der Waals surface area contributed by atoms with Crippen molar-refractivity contribution in [1.82, 2.24) is 0 Å². The first-order valence-electron chi connectivity index (χ1n) is 7.61. The molecule has 21 heavy (non-hydrogen) atoms. The zero-order chi connectivity index (χ0) is 16.0. The van der Waals surface area contributed by atoms with Crippen molar-refractivity contribution in [3.8, 4) is 0 Å². The second-order valence-corrected chi connectivity index (χ2v) is 9.69. The molecule has 2 heterocycles. The number of benzene rings is 2. The third-order valence-electron chi connectivity index (χ3n) is 3.76. The Hall–Kier alpha value is -1.22. The number of aliphatic imine (C=N–C) groups is 2. The molecule has 0 aliphatic carbocycles. The topological polar surface area (TPSA) is 50.7 Å². The Morgan fingerprint density at radius 3 is 2.86 bits per heavy atom. The average Bonchev–Trinajstić information content (AvgIpc) is 3.13. The first kappa shape index (κ1) is 11.4. The summed E-state index contributed by atoms with van der Waals surface area (Å²) < 4.78 is 14.9. The van der Waals surface area contributed by atoms with Crippen molar-refractivity contribution in [3.63, 3.8) is 0 Å². The predicted molar refractivity (Wildman–Crippen MR) is 84.7 cm³/mol. The molecule has 0 aromatic heterocycles. The minimum absolute atomic E-state index is 0.166. The summed E-state index contributed by atoms with van der Waals surface area (Å²) in [6, 6.07) is 12.5. The SMILES string of the molecule is [3H]N[S](=[W])c1ccc(C2=Nc3cc4c(cc3C2)CC([3H])=N4)cc1. The molecule has 2 aromatic carbocycles. The van der Waals surface area contributed by atoms with Gasteiger partial charge in [-0.05, 0) is 0 Å². The van der Waals surface area contributed by atoms with E-state index in [0.717, 1.165) is 39.5 Å². The Bertz CT molecular complexity index is 891. The van der Waals surface area contributed by atoms with E-state index in [-0.39, 0.29) is 8.27 Å². The Balaban J connectivity index is 1.64. The minimum atomic E-state index is -0.166. The Kier molecular flexibility index (Phi) is 2.81. The van der Waals surface area contributed by atoms with Gasteiger partial charge in [0, 0.05) is 0 Å². The summed E-state index contributed by atoms with van der Waals surface area (Å²) in [5.74, 6) is 0. The average molecular weight is 467 g/mol. The summed E-state index contributed by atoms with van der Waals surface area (Å²) in [6.07, 6.45) is 1.90. The molecule has 0 saturated carbocycles. The standard InChI is InChI=1S/C16H13N3S.W/c17-20-13-3-1-10(2-4-13)15-8-12-7-11-5-6-18-14(11)9-16(12)19-15;/h1-4,6-7,9H,5,8,17H2;/i6T;/hT. The molecule has 5 heteroatoms. The van der Waals surface area contributed by atoms with Gasteiger partial charge in [0.2, 0.25) is 0 Å². The Labute approximate surface area is 138 Å². The molecule has 1 unspecified atom stereocenters. The van der Waals surface area contributed by atoms with E-state index < -0.39 is 0 Å². The fraction of sp³-hybridized carbons (Fsp3) is 0.125. The van der Waals surface area contributed by atoms with E-state index >= 15 is 0 Å². The van der Waals surface area contributed by atoms with Crippen molar-refractivity contribution in [2.24, 2.45) is 15.1 Å². The summed E-state index contributed by atoms with van der Waals surface area (Å²) in [5.41, 5.74) is 6.45. The zero-order valence-electron chi connectivity index (χ0n) is 13.1. The molecule has 104 valence electrons. The number of nitrogens with two attached hydrogens (primary N) is 1. The van der Waals surface area contributed by atoms with E-state index in [2.05, 4.69) is 40.5 Å². The molecular weight excluding hydrogens is 450 g/mol. The Morgan fingerprint density at radius 1 is 1.19 bits per heavy atom. The van der Waals surface area contributed by atoms with Crippen molar-refractivity contribution >= 4 is 31.6 Å². The molecule has 0 saturated heterocycles. The monoisotopic (exact) mass is 467 g/mol. The normalized spacial score (nSPS) is 18.3. The molecule has 0 fully saturated rings. The van der Waals surface area contributed by atoms with Crippen LogP contribution in [0.4, 0.5) is 11.4 Å². The van der Waals surface area contributed by atoms with Gasteiger partial charge in [-0.25, -0.2) is 0 Å². The second kappa shape index (κ2) is 5.20. The van der Waals surface area contributed by atoms with E-state index in [9.17, 15) is 0 Å². The molecule has 4 rings (SSSR count). The van der Waals surface area contributed by atoms with Crippen LogP contribution in [0.25, 0.3) is 0 Å². The van der Waals surface area contributed by atoms with Crippen LogP contribution in [0.15, 0.2) is 51.3 Å². The first-order chi connectivity index (χ1) is 11.1. The van der Waals surface area contributed by atoms with Gasteiger partial charge in [-0.3, -0.25) is 0 Å². The first-order valence-corrected chi connectivity index (χ1v) is 11.4. The number of hydrogen-bond donors (Lipinski definition) is 1. The van der Waals surface area contributed by atoms with E-state index in [4.69, 9.17) is 7.78 Å². The van der Waals surface area contributed by atoms with E-state index in [1.54, 1.807) is 0 Å². The molecule has 2 aliphatic rings. The molecule has 2 N–H and O–H groups in total. The van der Waals surface area contributed by atoms with Gasteiger partial charge < -0.3 is 0 Å². The van der Waals surface area contributed by atoms with Gasteiger partial charge in [0.05, 0.1) is 1.37 Å². The van der Waals surface area contributed by atoms with Gasteiger partial charge in [-0.2, -0.15) is 0 Å². The number of hydrogen-bond acceptors (Lipinski definition) is 3. The van der Waals surface area contributed by atoms with Crippen molar-refractivity contribution in [3.05, 3.63) is 53.1 Å². The van der Waals surface area contributed by atoms with Crippen LogP contribution in [0.5, 0.6) is 0 Å². The summed E-state index contributed by atoms with van der Waals surface area (Å²) in [5, 5.41) is 2.57. The summed E-state index contributed by atoms with van der Waals surface area (Å²) in [4.78, 5) is 10.2. The van der Waals surface area contributed by atoms with E-state index in [0.29, 0.717) is 12.6 Å². The van der Waals surface area contributed by atoms with E-state index in [1.807, 2.05) is 6.07 Å². The molecule has 1 atom stereocenters. The van der Waals surface area contributed by atoms with Crippen molar-refractivity contribution < 1.29 is 20.8 Å². The molecular formula is C16H13N3SW. The van der Waals surface area contributed by atoms with Crippen LogP contribution in [-0.2, 0) is 30.8 Å². The quantitative estimate of drug-likeness (QED) is 0.738. The van der Waals surface area contributed by atoms with Crippen molar-refractivity contribution in [2.45, 2.75) is 17.7 Å². The number of nitrogens with zero attached hydrogens (tertiary/aromatic N) is 2. The van der Waals surface area contributed by atoms with Gasteiger partial charge in [-0.1, -0.05) is 0 Å². The Morgan fingerprint density at radius 2 is 2.05 bits per heavy atom. The van der Waals surface area contributed by atoms with Gasteiger partial charge in [0.1, 0.15) is 0 Å². The zero-order valence-corrected chi connectivity index (χ0v) is 14.8. The third-order valence-corrected chi connectivity index (χ3v) is 6.54. The summed E-state index contributed by atoms with van der Waals surface area (Å²) in [6.45, 7) is 0. The summed E-state index contributed by atoms with van der Waals surface area (Å²) in [7, 11) is -0.166. The summed E-state index contributed by atoms with van der Waals surface area (Å²) >= 11 is 1.36. The van der Waals surface area contributed by atoms with Gasteiger partial charge in [-0.15, -0.1) is 0 Å². The van der Waals surface area contributed by atoms with E-state index in [1.165, 1.54) is 23.6 Å². The van der Waals surface area contributed by atoms with Gasteiger partial charge in [0.25, 0.3) is 0 Å². The van der Waals surface area contributed by atoms with Crippen LogP contribution in [0, 0.1) is 0 Å². The maximum absolute atomic E-state index is 7.68. The molecule has 0 spiro atoms. The maximum atomic E-state index is 7.68. The van der Waals surface area contributed by atoms with Crippen LogP contribution in [0.2, 0.25) is 1.41 Å². The molecule has 2 aliphatic heterocycles. The fourth-order valence-electron chi connectivity index (χ4n) is 2.68. The van der Waals surface area contributed by atoms with Crippen LogP contribution in [-0.4, -0.2) is 11.9 Å². The van der Waals surface area contributed by atoms with Crippen LogP contribution >= 0.6 is 8.27 Å². The molecule has 0 amide bonds. The van der Waals surface area contributed by atoms with Crippen LogP contribution < -0.4 is 5.13 Å². The van der Waals surface area contributed by atoms with Crippen molar-refractivity contribution in [2.75, 3.05) is 0 Å². The van der Waals surface area contributed by atoms with Crippen LogP contribution in [0.1, 0.15) is 18.1 Å². The second-order valence-electron chi connectivity index (χ2n) is 5.08. The third kappa shape index (κ3) is 2.42. The molecule has 3 nitrogen and oxygen atoms in total. The van der Waals surface area contributed by atoms with Crippen molar-refractivity contribution in [1.29, 1.82) is 0 Å². The number of rotatable bonds is 3. The van der Waals surface area contributed by atoms with Gasteiger partial charge in [0.15, 0.2) is 0 Å². The molecule has 0 bridgehead atoms. The van der Waals surface area contributed by atoms with Gasteiger partial charge >= 0.3 is 137 Å². The molecule has 0 radical (unpaired) electrons. The van der Waals surface area contributed by atoms with Crippen LogP contribution in [0.3, 0.4) is 0 Å². The fourth-order valence-corrected chi connectivity index (χ4v) is 4.26.